The predicted molar refractivity (Wildman–Crippen MR) is 128 cm³/mol. The first kappa shape index (κ1) is 22.1. The van der Waals surface area contributed by atoms with E-state index in [2.05, 4.69) is 5.32 Å². The summed E-state index contributed by atoms with van der Waals surface area (Å²) in [4.78, 5) is 12.9. The van der Waals surface area contributed by atoms with Crippen LogP contribution in [-0.2, 0) is 11.3 Å². The van der Waals surface area contributed by atoms with E-state index in [1.54, 1.807) is 36.4 Å². The number of para-hydroxylation sites is 1. The number of carbonyl (C=O) groups is 1. The number of methoxy groups -OCH3 is 1. The fourth-order valence-electron chi connectivity index (χ4n) is 3.58. The maximum atomic E-state index is 13.3. The van der Waals surface area contributed by atoms with Crippen molar-refractivity contribution >= 4 is 40.2 Å². The molecule has 4 aromatic rings. The molecule has 5 nitrogen and oxygen atoms in total. The number of benzene rings is 3. The first-order valence-corrected chi connectivity index (χ1v) is 10.5. The van der Waals surface area contributed by atoms with Gasteiger partial charge in [0.25, 0.3) is 5.91 Å². The van der Waals surface area contributed by atoms with Crippen LogP contribution in [-0.4, -0.2) is 17.6 Å². The average molecular weight is 460 g/mol. The number of ether oxygens (including phenoxy) is 1. The number of halogens is 2. The van der Waals surface area contributed by atoms with Crippen LogP contribution in [0.4, 0.5) is 10.1 Å². The summed E-state index contributed by atoms with van der Waals surface area (Å²) in [5.74, 6) is -0.435. The normalized spacial score (nSPS) is 11.3. The molecule has 1 aromatic heterocycles. The highest BCUT2D eigenvalue weighted by Crippen LogP contribution is 2.29. The van der Waals surface area contributed by atoms with Crippen molar-refractivity contribution in [3.05, 3.63) is 100 Å². The molecule has 1 amide bonds. The van der Waals surface area contributed by atoms with Crippen molar-refractivity contribution in [2.24, 2.45) is 0 Å². The third-order valence-corrected chi connectivity index (χ3v) is 5.40. The molecule has 0 unspecified atom stereocenters. The molecule has 0 atom stereocenters. The van der Waals surface area contributed by atoms with Gasteiger partial charge in [0.2, 0.25) is 0 Å². The highest BCUT2D eigenvalue weighted by molar-refractivity contribution is 6.31. The van der Waals surface area contributed by atoms with Gasteiger partial charge in [0.15, 0.2) is 0 Å². The number of hydrogen-bond acceptors (Lipinski definition) is 3. The highest BCUT2D eigenvalue weighted by Gasteiger charge is 2.15. The van der Waals surface area contributed by atoms with Gasteiger partial charge in [-0.2, -0.15) is 5.26 Å². The Balaban J connectivity index is 1.68. The second kappa shape index (κ2) is 9.60. The molecule has 0 spiro atoms. The van der Waals surface area contributed by atoms with Gasteiger partial charge in [-0.25, -0.2) is 4.39 Å². The summed E-state index contributed by atoms with van der Waals surface area (Å²) in [7, 11) is 1.48. The first-order chi connectivity index (χ1) is 16.0. The monoisotopic (exact) mass is 459 g/mol. The second-order valence-corrected chi connectivity index (χ2v) is 7.76. The van der Waals surface area contributed by atoms with Crippen LogP contribution in [0, 0.1) is 17.1 Å². The summed E-state index contributed by atoms with van der Waals surface area (Å²) in [6.07, 6.45) is 3.43. The Hall–Kier alpha value is -4.08. The van der Waals surface area contributed by atoms with Crippen molar-refractivity contribution in [3.8, 4) is 11.8 Å². The molecule has 1 N–H and O–H groups in total. The Morgan fingerprint density at radius 2 is 1.94 bits per heavy atom. The molecule has 0 aliphatic rings. The minimum absolute atomic E-state index is 0.0679. The number of carbonyl (C=O) groups excluding carboxylic acids is 1. The Morgan fingerprint density at radius 3 is 2.67 bits per heavy atom. The summed E-state index contributed by atoms with van der Waals surface area (Å²) in [5.41, 5.74) is 2.88. The standard InChI is InChI=1S/C26H19ClFN3O2/c1-33-25-11-8-20(27)13-23(25)30-26(32)18(14-29)12-19-16-31(24-5-3-2-4-22(19)24)15-17-6-9-21(28)10-7-17/h2-13,16H,15H2,1H3,(H,30,32)/b18-12+. The van der Waals surface area contributed by atoms with Crippen molar-refractivity contribution in [2.45, 2.75) is 6.54 Å². The zero-order valence-corrected chi connectivity index (χ0v) is 18.4. The molecule has 0 aliphatic carbocycles. The molecule has 1 heterocycles. The first-order valence-electron chi connectivity index (χ1n) is 10.1. The van der Waals surface area contributed by atoms with Gasteiger partial charge < -0.3 is 14.6 Å². The number of nitrogens with one attached hydrogen (secondary N) is 1. The Kier molecular flexibility index (Phi) is 6.43. The van der Waals surface area contributed by atoms with Crippen LogP contribution in [0.5, 0.6) is 5.75 Å². The lowest BCUT2D eigenvalue weighted by molar-refractivity contribution is -0.112. The molecule has 0 bridgehead atoms. The molecule has 0 saturated heterocycles. The van der Waals surface area contributed by atoms with Gasteiger partial charge in [-0.1, -0.05) is 41.9 Å². The summed E-state index contributed by atoms with van der Waals surface area (Å²) >= 11 is 6.03. The van der Waals surface area contributed by atoms with Gasteiger partial charge in [0.05, 0.1) is 12.8 Å². The molecule has 0 radical (unpaired) electrons. The second-order valence-electron chi connectivity index (χ2n) is 7.32. The van der Waals surface area contributed by atoms with Crippen LogP contribution >= 0.6 is 11.6 Å². The molecule has 7 heteroatoms. The van der Waals surface area contributed by atoms with Crippen molar-refractivity contribution in [1.29, 1.82) is 5.26 Å². The fraction of sp³-hybridized carbons (Fsp3) is 0.0769. The lowest BCUT2D eigenvalue weighted by Gasteiger charge is -2.10. The number of nitriles is 1. The predicted octanol–water partition coefficient (Wildman–Crippen LogP) is 6.04. The van der Waals surface area contributed by atoms with Gasteiger partial charge in [-0.15, -0.1) is 0 Å². The number of fused-ring (bicyclic) bond motifs is 1. The molecule has 4 rings (SSSR count). The maximum Gasteiger partial charge on any atom is 0.266 e. The van der Waals surface area contributed by atoms with Gasteiger partial charge in [0, 0.05) is 34.2 Å². The van der Waals surface area contributed by atoms with Gasteiger partial charge in [-0.3, -0.25) is 4.79 Å². The Labute approximate surface area is 195 Å². The van der Waals surface area contributed by atoms with Crippen molar-refractivity contribution < 1.29 is 13.9 Å². The third kappa shape index (κ3) is 4.89. The van der Waals surface area contributed by atoms with Crippen molar-refractivity contribution in [2.75, 3.05) is 12.4 Å². The van der Waals surface area contributed by atoms with Crippen LogP contribution in [0.1, 0.15) is 11.1 Å². The smallest absolute Gasteiger partial charge is 0.266 e. The van der Waals surface area contributed by atoms with Crippen LogP contribution < -0.4 is 10.1 Å². The maximum absolute atomic E-state index is 13.3. The molecule has 0 aliphatic heterocycles. The molecule has 0 fully saturated rings. The Morgan fingerprint density at radius 1 is 1.18 bits per heavy atom. The SMILES string of the molecule is COc1ccc(Cl)cc1NC(=O)/C(C#N)=C/c1cn(Cc2ccc(F)cc2)c2ccccc12. The summed E-state index contributed by atoms with van der Waals surface area (Å²) < 4.78 is 20.5. The molecule has 33 heavy (non-hydrogen) atoms. The van der Waals surface area contributed by atoms with Crippen LogP contribution in [0.25, 0.3) is 17.0 Å². The number of aromatic nitrogens is 1. The lowest BCUT2D eigenvalue weighted by Crippen LogP contribution is -2.14. The fourth-order valence-corrected chi connectivity index (χ4v) is 3.75. The van der Waals surface area contributed by atoms with Crippen LogP contribution in [0.15, 0.2) is 78.5 Å². The van der Waals surface area contributed by atoms with Crippen LogP contribution in [0.2, 0.25) is 5.02 Å². The van der Waals surface area contributed by atoms with Crippen molar-refractivity contribution in [3.63, 3.8) is 0 Å². The van der Waals surface area contributed by atoms with Crippen LogP contribution in [0.3, 0.4) is 0 Å². The summed E-state index contributed by atoms with van der Waals surface area (Å²) in [6, 6.07) is 20.8. The molecule has 3 aromatic carbocycles. The number of amides is 1. The van der Waals surface area contributed by atoms with E-state index in [1.165, 1.54) is 19.2 Å². The van der Waals surface area contributed by atoms with E-state index in [4.69, 9.17) is 16.3 Å². The topological polar surface area (TPSA) is 67.0 Å². The summed E-state index contributed by atoms with van der Waals surface area (Å²) in [5, 5.41) is 13.7. The largest absolute Gasteiger partial charge is 0.495 e. The minimum Gasteiger partial charge on any atom is -0.495 e. The van der Waals surface area contributed by atoms with E-state index in [-0.39, 0.29) is 11.4 Å². The summed E-state index contributed by atoms with van der Waals surface area (Å²) in [6.45, 7) is 0.516. The van der Waals surface area contributed by atoms with E-state index in [9.17, 15) is 14.4 Å². The highest BCUT2D eigenvalue weighted by atomic mass is 35.5. The molecular weight excluding hydrogens is 441 g/mol. The van der Waals surface area contributed by atoms with Gasteiger partial charge >= 0.3 is 0 Å². The molecule has 0 saturated carbocycles. The van der Waals surface area contributed by atoms with E-state index < -0.39 is 5.91 Å². The number of hydrogen-bond donors (Lipinski definition) is 1. The quantitative estimate of drug-likeness (QED) is 0.282. The van der Waals surface area contributed by atoms with Gasteiger partial charge in [-0.05, 0) is 48.0 Å². The minimum atomic E-state index is -0.576. The van der Waals surface area contributed by atoms with E-state index in [0.717, 1.165) is 22.0 Å². The van der Waals surface area contributed by atoms with E-state index in [1.807, 2.05) is 41.1 Å². The lowest BCUT2D eigenvalue weighted by atomic mass is 10.1. The number of rotatable bonds is 6. The zero-order valence-electron chi connectivity index (χ0n) is 17.7. The number of anilines is 1. The van der Waals surface area contributed by atoms with E-state index in [0.29, 0.717) is 23.0 Å². The molecule has 164 valence electrons. The van der Waals surface area contributed by atoms with E-state index >= 15 is 0 Å². The third-order valence-electron chi connectivity index (χ3n) is 5.16. The van der Waals surface area contributed by atoms with Gasteiger partial charge in [0.1, 0.15) is 23.2 Å². The van der Waals surface area contributed by atoms with Crippen molar-refractivity contribution in [1.82, 2.24) is 4.57 Å². The zero-order chi connectivity index (χ0) is 23.4. The number of nitrogens with zero attached hydrogens (tertiary/aromatic N) is 2. The molecular formula is C26H19ClFN3O2. The Bertz CT molecular complexity index is 1400. The average Bonchev–Trinajstić information content (AvgIpc) is 3.16.